The molecule has 1 aromatic carbocycles. The highest BCUT2D eigenvalue weighted by molar-refractivity contribution is 5.96. The smallest absolute Gasteiger partial charge is 0.349 e. The lowest BCUT2D eigenvalue weighted by Crippen LogP contribution is -2.43. The van der Waals surface area contributed by atoms with Gasteiger partial charge in [-0.25, -0.2) is 4.79 Å². The molecule has 1 aromatic heterocycles. The van der Waals surface area contributed by atoms with Gasteiger partial charge in [0.05, 0.1) is 0 Å². The molecule has 1 aliphatic carbocycles. The maximum atomic E-state index is 12.2. The first-order valence-electron chi connectivity index (χ1n) is 6.73. The van der Waals surface area contributed by atoms with Gasteiger partial charge < -0.3 is 15.5 Å². The number of carbonyl (C=O) groups excluding carboxylic acids is 1. The van der Waals surface area contributed by atoms with E-state index < -0.39 is 11.5 Å². The van der Waals surface area contributed by atoms with Gasteiger partial charge in [-0.2, -0.15) is 0 Å². The lowest BCUT2D eigenvalue weighted by molar-refractivity contribution is 0.0930. The summed E-state index contributed by atoms with van der Waals surface area (Å²) in [6, 6.07) is 8.62. The summed E-state index contributed by atoms with van der Waals surface area (Å²) in [5.41, 5.74) is 5.54. The molecule has 0 bridgehead atoms. The zero-order valence-electron chi connectivity index (χ0n) is 11.4. The zero-order chi connectivity index (χ0) is 14.1. The number of rotatable bonds is 4. The molecule has 0 spiro atoms. The van der Waals surface area contributed by atoms with Crippen LogP contribution in [0.2, 0.25) is 0 Å². The van der Waals surface area contributed by atoms with E-state index in [4.69, 9.17) is 10.2 Å². The Morgan fingerprint density at radius 2 is 2.10 bits per heavy atom. The lowest BCUT2D eigenvalue weighted by atomic mass is 10.1. The number of fused-ring (bicyclic) bond motifs is 1. The van der Waals surface area contributed by atoms with E-state index in [0.29, 0.717) is 18.0 Å². The number of nitrogens with one attached hydrogen (secondary N) is 1. The second kappa shape index (κ2) is 6.28. The summed E-state index contributed by atoms with van der Waals surface area (Å²) in [7, 11) is 0. The van der Waals surface area contributed by atoms with Crippen molar-refractivity contribution in [2.75, 3.05) is 6.54 Å². The second-order valence-corrected chi connectivity index (χ2v) is 5.14. The van der Waals surface area contributed by atoms with Crippen molar-refractivity contribution >= 4 is 29.3 Å². The van der Waals surface area contributed by atoms with Crippen LogP contribution in [0.15, 0.2) is 39.5 Å². The van der Waals surface area contributed by atoms with E-state index in [2.05, 4.69) is 5.32 Å². The maximum Gasteiger partial charge on any atom is 0.349 e. The number of hydrogen-bond acceptors (Lipinski definition) is 4. The van der Waals surface area contributed by atoms with Crippen molar-refractivity contribution in [2.45, 2.75) is 18.9 Å². The Morgan fingerprint density at radius 3 is 2.76 bits per heavy atom. The van der Waals surface area contributed by atoms with E-state index in [0.717, 1.165) is 18.2 Å². The summed E-state index contributed by atoms with van der Waals surface area (Å²) in [5.74, 6) is 0.0308. The van der Waals surface area contributed by atoms with Gasteiger partial charge in [-0.3, -0.25) is 4.79 Å². The maximum absolute atomic E-state index is 12.2. The third-order valence-corrected chi connectivity index (χ3v) is 3.65. The molecule has 1 fully saturated rings. The summed E-state index contributed by atoms with van der Waals surface area (Å²) in [6.07, 6.45) is 2.16. The highest BCUT2D eigenvalue weighted by atomic mass is 35.5. The summed E-state index contributed by atoms with van der Waals surface area (Å²) in [6.45, 7) is 0.384. The predicted octanol–water partition coefficient (Wildman–Crippen LogP) is 1.68. The Bertz CT molecular complexity index is 709. The lowest BCUT2D eigenvalue weighted by Gasteiger charge is -2.15. The molecule has 21 heavy (non-hydrogen) atoms. The molecule has 112 valence electrons. The molecule has 1 saturated carbocycles. The fourth-order valence-corrected chi connectivity index (χ4v) is 2.33. The van der Waals surface area contributed by atoms with E-state index in [1.54, 1.807) is 24.3 Å². The van der Waals surface area contributed by atoms with E-state index >= 15 is 0 Å². The van der Waals surface area contributed by atoms with Crippen molar-refractivity contribution in [1.82, 2.24) is 5.32 Å². The highest BCUT2D eigenvalue weighted by Crippen LogP contribution is 2.32. The van der Waals surface area contributed by atoms with Crippen molar-refractivity contribution in [2.24, 2.45) is 11.7 Å². The zero-order valence-corrected chi connectivity index (χ0v) is 12.2. The Balaban J connectivity index is 0.00000161. The second-order valence-electron chi connectivity index (χ2n) is 5.14. The van der Waals surface area contributed by atoms with Crippen LogP contribution in [-0.2, 0) is 0 Å². The van der Waals surface area contributed by atoms with Crippen molar-refractivity contribution in [3.63, 3.8) is 0 Å². The van der Waals surface area contributed by atoms with Gasteiger partial charge in [0.15, 0.2) is 0 Å². The third kappa shape index (κ3) is 3.25. The van der Waals surface area contributed by atoms with Crippen LogP contribution in [0.25, 0.3) is 11.0 Å². The standard InChI is InChI=1S/C15H16N2O3.ClH/c16-8-12(9-5-6-9)17-14(18)11-7-10-3-1-2-4-13(10)20-15(11)19;/h1-4,7,9,12H,5-6,8,16H2,(H,17,18);1H. The first-order valence-corrected chi connectivity index (χ1v) is 6.73. The van der Waals surface area contributed by atoms with Crippen molar-refractivity contribution in [3.05, 3.63) is 46.3 Å². The molecule has 3 N–H and O–H groups in total. The van der Waals surface area contributed by atoms with Gasteiger partial charge in [0, 0.05) is 18.0 Å². The highest BCUT2D eigenvalue weighted by Gasteiger charge is 2.31. The predicted molar refractivity (Wildman–Crippen MR) is 82.8 cm³/mol. The molecule has 5 nitrogen and oxygen atoms in total. The molecule has 1 aliphatic rings. The van der Waals surface area contributed by atoms with Crippen LogP contribution < -0.4 is 16.7 Å². The van der Waals surface area contributed by atoms with Gasteiger partial charge in [0.25, 0.3) is 5.91 Å². The van der Waals surface area contributed by atoms with Crippen molar-refractivity contribution in [3.8, 4) is 0 Å². The molecular weight excluding hydrogens is 292 g/mol. The van der Waals surface area contributed by atoms with Gasteiger partial charge in [0.1, 0.15) is 11.1 Å². The minimum Gasteiger partial charge on any atom is -0.422 e. The molecule has 0 saturated heterocycles. The Hall–Kier alpha value is -1.85. The van der Waals surface area contributed by atoms with E-state index in [-0.39, 0.29) is 24.0 Å². The van der Waals surface area contributed by atoms with Gasteiger partial charge in [-0.15, -0.1) is 12.4 Å². The van der Waals surface area contributed by atoms with Gasteiger partial charge in [0.2, 0.25) is 0 Å². The molecule has 0 aliphatic heterocycles. The number of hydrogen-bond donors (Lipinski definition) is 2. The number of halogens is 1. The van der Waals surface area contributed by atoms with Crippen molar-refractivity contribution in [1.29, 1.82) is 0 Å². The van der Waals surface area contributed by atoms with Gasteiger partial charge in [-0.1, -0.05) is 18.2 Å². The van der Waals surface area contributed by atoms with Crippen LogP contribution in [0, 0.1) is 5.92 Å². The minimum atomic E-state index is -0.618. The number of amides is 1. The fraction of sp³-hybridized carbons (Fsp3) is 0.333. The number of benzene rings is 1. The normalized spacial score (nSPS) is 15.3. The van der Waals surface area contributed by atoms with Crippen LogP contribution in [0.3, 0.4) is 0 Å². The molecule has 3 rings (SSSR count). The third-order valence-electron chi connectivity index (χ3n) is 3.65. The van der Waals surface area contributed by atoms with Crippen LogP contribution >= 0.6 is 12.4 Å². The molecule has 1 heterocycles. The topological polar surface area (TPSA) is 85.3 Å². The number of para-hydroxylation sites is 1. The Morgan fingerprint density at radius 1 is 1.38 bits per heavy atom. The molecule has 1 amide bonds. The fourth-order valence-electron chi connectivity index (χ4n) is 2.33. The largest absolute Gasteiger partial charge is 0.422 e. The van der Waals surface area contributed by atoms with E-state index in [1.807, 2.05) is 6.07 Å². The van der Waals surface area contributed by atoms with Crippen LogP contribution in [0.5, 0.6) is 0 Å². The van der Waals surface area contributed by atoms with Crippen LogP contribution in [-0.4, -0.2) is 18.5 Å². The van der Waals surface area contributed by atoms with Crippen LogP contribution in [0.1, 0.15) is 23.2 Å². The summed E-state index contributed by atoms with van der Waals surface area (Å²) in [4.78, 5) is 24.1. The Labute approximate surface area is 127 Å². The summed E-state index contributed by atoms with van der Waals surface area (Å²) >= 11 is 0. The van der Waals surface area contributed by atoms with E-state index in [9.17, 15) is 9.59 Å². The molecule has 2 aromatic rings. The average Bonchev–Trinajstić information content (AvgIpc) is 3.28. The molecule has 6 heteroatoms. The summed E-state index contributed by atoms with van der Waals surface area (Å²) < 4.78 is 5.16. The molecule has 1 atom stereocenters. The van der Waals surface area contributed by atoms with Crippen LogP contribution in [0.4, 0.5) is 0 Å². The number of nitrogens with two attached hydrogens (primary N) is 1. The quantitative estimate of drug-likeness (QED) is 0.842. The van der Waals surface area contributed by atoms with Crippen molar-refractivity contribution < 1.29 is 9.21 Å². The Kier molecular flexibility index (Phi) is 4.65. The monoisotopic (exact) mass is 308 g/mol. The number of carbonyl (C=O) groups is 1. The minimum absolute atomic E-state index is 0. The summed E-state index contributed by atoms with van der Waals surface area (Å²) in [5, 5.41) is 3.56. The first-order chi connectivity index (χ1) is 9.69. The average molecular weight is 309 g/mol. The SMILES string of the molecule is Cl.NCC(NC(=O)c1cc2ccccc2oc1=O)C1CC1. The van der Waals surface area contributed by atoms with Gasteiger partial charge in [-0.05, 0) is 30.9 Å². The molecule has 0 radical (unpaired) electrons. The first kappa shape index (κ1) is 15.5. The van der Waals surface area contributed by atoms with Gasteiger partial charge >= 0.3 is 5.63 Å². The van der Waals surface area contributed by atoms with E-state index in [1.165, 1.54) is 0 Å². The molecule has 1 unspecified atom stereocenters. The molecular formula is C15H17ClN2O3.